The molecule has 0 aromatic carbocycles. The third-order valence-electron chi connectivity index (χ3n) is 12.1. The highest BCUT2D eigenvalue weighted by atomic mass is 32.1. The second-order valence-electron chi connectivity index (χ2n) is 22.5. The quantitative estimate of drug-likeness (QED) is 0.169. The predicted octanol–water partition coefficient (Wildman–Crippen LogP) is 15.4. The fourth-order valence-electron chi connectivity index (χ4n) is 9.73. The van der Waals surface area contributed by atoms with Crippen LogP contribution in [0.4, 0.5) is 0 Å². The van der Waals surface area contributed by atoms with Crippen LogP contribution < -0.4 is 0 Å². The molecule has 5 rings (SSSR count). The molecule has 0 atom stereocenters. The molecule has 5 aromatic rings. The normalized spacial score (nSPS) is 11.8. The van der Waals surface area contributed by atoms with Gasteiger partial charge >= 0.3 is 0 Å². The van der Waals surface area contributed by atoms with Gasteiger partial charge in [-0.1, -0.05) is 125 Å². The highest BCUT2D eigenvalue weighted by Gasteiger charge is 2.25. The Balaban J connectivity index is 0.000000414. The number of aromatic nitrogens is 8. The molecule has 0 aliphatic carbocycles. The molecule has 0 amide bonds. The summed E-state index contributed by atoms with van der Waals surface area (Å²) in [6.45, 7) is 62.2. The molecule has 0 fully saturated rings. The second kappa shape index (κ2) is 24.5. The molecule has 66 heavy (non-hydrogen) atoms. The van der Waals surface area contributed by atoms with Crippen LogP contribution >= 0.6 is 11.3 Å². The first-order chi connectivity index (χ1) is 30.0. The van der Waals surface area contributed by atoms with Gasteiger partial charge in [0.25, 0.3) is 0 Å². The minimum Gasteiger partial charge on any atom is -0.272 e. The monoisotopic (exact) mass is 927 g/mol. The highest BCUT2D eigenvalue weighted by molar-refractivity contribution is 7.11. The first-order valence-corrected chi connectivity index (χ1v) is 25.7. The number of nitrogens with zero attached hydrogens (tertiary/aromatic N) is 8. The van der Waals surface area contributed by atoms with Crippen LogP contribution in [0.25, 0.3) is 0 Å². The molecule has 0 saturated carbocycles. The van der Waals surface area contributed by atoms with Crippen molar-refractivity contribution in [3.63, 3.8) is 0 Å². The smallest absolute Gasteiger partial charge is 0.128 e. The Morgan fingerprint density at radius 3 is 1.23 bits per heavy atom. The summed E-state index contributed by atoms with van der Waals surface area (Å²) in [7, 11) is 2.03. The van der Waals surface area contributed by atoms with Crippen molar-refractivity contribution in [3.05, 3.63) is 100 Å². The van der Waals surface area contributed by atoms with Gasteiger partial charge in [-0.15, -0.1) is 11.3 Å². The molecule has 372 valence electrons. The minimum atomic E-state index is 0.139. The number of hydrogen-bond acceptors (Lipinski definition) is 7. The molecule has 0 radical (unpaired) electrons. The van der Waals surface area contributed by atoms with E-state index in [0.29, 0.717) is 5.92 Å². The molecule has 5 heterocycles. The van der Waals surface area contributed by atoms with Crippen LogP contribution in [0.15, 0.2) is 0 Å². The maximum Gasteiger partial charge on any atom is 0.128 e. The van der Waals surface area contributed by atoms with E-state index in [1.54, 1.807) is 0 Å². The van der Waals surface area contributed by atoms with Gasteiger partial charge < -0.3 is 0 Å². The van der Waals surface area contributed by atoms with Crippen LogP contribution in [0, 0.1) is 62.3 Å². The minimum absolute atomic E-state index is 0.139. The van der Waals surface area contributed by atoms with Crippen LogP contribution in [0.1, 0.15) is 238 Å². The molecule has 8 nitrogen and oxygen atoms in total. The van der Waals surface area contributed by atoms with Crippen LogP contribution in [-0.2, 0) is 60.9 Å². The molecular weight excluding hydrogens is 829 g/mol. The number of thiazole rings is 1. The zero-order chi connectivity index (χ0) is 51.6. The topological polar surface area (TPSA) is 87.2 Å². The van der Waals surface area contributed by atoms with Gasteiger partial charge in [-0.2, -0.15) is 10.2 Å². The van der Waals surface area contributed by atoms with E-state index in [0.717, 1.165) is 49.4 Å². The summed E-state index contributed by atoms with van der Waals surface area (Å²) < 4.78 is 4.09. The number of aryl methyl sites for hydroxylation is 11. The summed E-state index contributed by atoms with van der Waals surface area (Å²) in [6, 6.07) is 0. The zero-order valence-electron chi connectivity index (χ0n) is 48.1. The van der Waals surface area contributed by atoms with E-state index >= 15 is 0 Å². The molecule has 0 N–H and O–H groups in total. The average molecular weight is 928 g/mol. The Morgan fingerprint density at radius 2 is 0.939 bits per heavy atom. The number of hydrogen-bond donors (Lipinski definition) is 0. The van der Waals surface area contributed by atoms with Gasteiger partial charge in [-0.25, -0.2) is 15.0 Å². The Hall–Kier alpha value is -3.72. The summed E-state index contributed by atoms with van der Waals surface area (Å²) in [6.07, 6.45) is 4.03. The lowest BCUT2D eigenvalue weighted by atomic mass is 9.81. The van der Waals surface area contributed by atoms with Crippen molar-refractivity contribution in [2.24, 2.45) is 7.05 Å². The Kier molecular flexibility index (Phi) is 22.4. The van der Waals surface area contributed by atoms with E-state index in [1.165, 1.54) is 83.1 Å². The van der Waals surface area contributed by atoms with E-state index in [4.69, 9.17) is 4.98 Å². The average Bonchev–Trinajstić information content (AvgIpc) is 3.82. The van der Waals surface area contributed by atoms with Crippen molar-refractivity contribution in [2.75, 3.05) is 0 Å². The van der Waals surface area contributed by atoms with E-state index in [-0.39, 0.29) is 21.7 Å². The van der Waals surface area contributed by atoms with Gasteiger partial charge in [0.1, 0.15) is 5.82 Å². The molecular formula is C57H98N8S. The Labute approximate surface area is 410 Å². The highest BCUT2D eigenvalue weighted by Crippen LogP contribution is 2.33. The largest absolute Gasteiger partial charge is 0.272 e. The van der Waals surface area contributed by atoms with Gasteiger partial charge in [0.2, 0.25) is 0 Å². The summed E-state index contributed by atoms with van der Waals surface area (Å²) in [5.74, 6) is 1.52. The SMILES string of the molecule is CCc1nc(C)c(C(C)(C)C)c(C)c1C.CCc1nc(C)c(C(C)(C)C)c(C)n1.CCc1nc(C)c(C(C)(C)C)s1.CCc1nn(C)c(C(C)C)c1C.CCn1nc(C)c(C(C)(C)C)c1C. The third kappa shape index (κ3) is 16.2. The zero-order valence-corrected chi connectivity index (χ0v) is 48.9. The summed E-state index contributed by atoms with van der Waals surface area (Å²) >= 11 is 1.86. The van der Waals surface area contributed by atoms with Crippen LogP contribution in [0.5, 0.6) is 0 Å². The fraction of sp³-hybridized carbons (Fsp3) is 0.684. The molecule has 0 aliphatic heterocycles. The molecule has 5 aromatic heterocycles. The molecule has 0 aliphatic rings. The number of rotatable bonds is 6. The summed E-state index contributed by atoms with van der Waals surface area (Å²) in [5, 5.41) is 10.2. The van der Waals surface area contributed by atoms with Gasteiger partial charge in [0.05, 0.1) is 22.1 Å². The maximum atomic E-state index is 4.72. The van der Waals surface area contributed by atoms with Crippen molar-refractivity contribution in [3.8, 4) is 0 Å². The van der Waals surface area contributed by atoms with E-state index < -0.39 is 0 Å². The maximum absolute atomic E-state index is 4.72. The van der Waals surface area contributed by atoms with Crippen LogP contribution in [-0.4, -0.2) is 39.5 Å². The fourth-order valence-corrected chi connectivity index (χ4v) is 10.8. The molecule has 0 saturated heterocycles. The molecule has 9 heteroatoms. The lowest BCUT2D eigenvalue weighted by Gasteiger charge is -2.25. The summed E-state index contributed by atoms with van der Waals surface area (Å²) in [5.41, 5.74) is 20.1. The number of pyridine rings is 1. The first kappa shape index (κ1) is 60.3. The van der Waals surface area contributed by atoms with Gasteiger partial charge in [0, 0.05) is 64.6 Å². The lowest BCUT2D eigenvalue weighted by molar-refractivity contribution is 0.570. The van der Waals surface area contributed by atoms with Crippen LogP contribution in [0.2, 0.25) is 0 Å². The van der Waals surface area contributed by atoms with Crippen molar-refractivity contribution in [1.82, 2.24) is 39.5 Å². The molecule has 0 unspecified atom stereocenters. The van der Waals surface area contributed by atoms with Crippen molar-refractivity contribution in [1.29, 1.82) is 0 Å². The van der Waals surface area contributed by atoms with E-state index in [2.05, 4.69) is 224 Å². The second-order valence-corrected chi connectivity index (χ2v) is 23.6. The van der Waals surface area contributed by atoms with Crippen molar-refractivity contribution in [2.45, 2.75) is 254 Å². The van der Waals surface area contributed by atoms with Gasteiger partial charge in [0.15, 0.2) is 0 Å². The molecule has 0 spiro atoms. The first-order valence-electron chi connectivity index (χ1n) is 24.9. The molecule has 0 bridgehead atoms. The third-order valence-corrected chi connectivity index (χ3v) is 13.8. The summed E-state index contributed by atoms with van der Waals surface area (Å²) in [4.78, 5) is 19.7. The van der Waals surface area contributed by atoms with Gasteiger partial charge in [-0.3, -0.25) is 14.3 Å². The van der Waals surface area contributed by atoms with E-state index in [9.17, 15) is 0 Å². The Bertz CT molecular complexity index is 2280. The predicted molar refractivity (Wildman–Crippen MR) is 289 cm³/mol. The van der Waals surface area contributed by atoms with E-state index in [1.807, 2.05) is 23.1 Å². The van der Waals surface area contributed by atoms with Crippen molar-refractivity contribution >= 4 is 11.3 Å². The lowest BCUT2D eigenvalue weighted by Crippen LogP contribution is -2.18. The standard InChI is InChI=1S/C14H23N.C12H20N2.C11H20N2.C10H18N2.C10H17NS/c1-8-12-9(2)10(3)13(11(4)15-12)14(5,6)7;1-7-10-13-8(2)11(9(3)14-10)12(4,5)6;1-7-13-9(3)10(8(2)12-13)11(4,5)6;1-6-9-8(4)10(7(2)3)12(5)11-9;1-6-8-11-7(2)9(12-8)10(3,4)5/h8H2,1-7H3;7H2,1-6H3;7H2,1-6H3;7H,6H2,1-5H3;6H2,1-5H3. The van der Waals surface area contributed by atoms with Crippen molar-refractivity contribution < 1.29 is 0 Å². The van der Waals surface area contributed by atoms with Gasteiger partial charge in [-0.05, 0) is 144 Å². The Morgan fingerprint density at radius 1 is 0.470 bits per heavy atom. The van der Waals surface area contributed by atoms with Crippen LogP contribution in [0.3, 0.4) is 0 Å².